The van der Waals surface area contributed by atoms with Crippen molar-refractivity contribution in [2.24, 2.45) is 5.14 Å². The first-order valence-corrected chi connectivity index (χ1v) is 7.95. The molecule has 6 nitrogen and oxygen atoms in total. The molecular formula is C11H14Cl2N2O4S. The molecule has 1 amide bonds. The van der Waals surface area contributed by atoms with Crippen LogP contribution in [0.25, 0.3) is 0 Å². The third-order valence-corrected chi connectivity index (χ3v) is 3.78. The van der Waals surface area contributed by atoms with E-state index in [1.165, 1.54) is 0 Å². The van der Waals surface area contributed by atoms with Crippen molar-refractivity contribution in [2.75, 3.05) is 18.5 Å². The van der Waals surface area contributed by atoms with E-state index < -0.39 is 10.0 Å². The van der Waals surface area contributed by atoms with Crippen molar-refractivity contribution in [2.45, 2.75) is 18.2 Å². The Morgan fingerprint density at radius 1 is 1.35 bits per heavy atom. The van der Waals surface area contributed by atoms with Crippen molar-refractivity contribution in [3.05, 3.63) is 22.2 Å². The van der Waals surface area contributed by atoms with Crippen LogP contribution in [-0.2, 0) is 19.6 Å². The molecular weight excluding hydrogens is 327 g/mol. The van der Waals surface area contributed by atoms with Gasteiger partial charge in [-0.2, -0.15) is 0 Å². The highest BCUT2D eigenvalue weighted by Gasteiger charge is 2.16. The van der Waals surface area contributed by atoms with Gasteiger partial charge in [-0.1, -0.05) is 23.2 Å². The van der Waals surface area contributed by atoms with Crippen molar-refractivity contribution in [3.8, 4) is 0 Å². The van der Waals surface area contributed by atoms with Gasteiger partial charge < -0.3 is 10.1 Å². The van der Waals surface area contributed by atoms with E-state index in [1.54, 1.807) is 0 Å². The molecule has 0 atom stereocenters. The summed E-state index contributed by atoms with van der Waals surface area (Å²) in [7, 11) is -3.91. The molecule has 0 aromatic heterocycles. The molecule has 112 valence electrons. The Morgan fingerprint density at radius 2 is 1.90 bits per heavy atom. The molecule has 1 aromatic carbocycles. The maximum atomic E-state index is 11.6. The fraction of sp³-hybridized carbons (Fsp3) is 0.364. The van der Waals surface area contributed by atoms with Gasteiger partial charge in [-0.3, -0.25) is 4.79 Å². The summed E-state index contributed by atoms with van der Waals surface area (Å²) >= 11 is 11.8. The van der Waals surface area contributed by atoms with Gasteiger partial charge in [-0.05, 0) is 19.1 Å². The maximum absolute atomic E-state index is 11.6. The van der Waals surface area contributed by atoms with Crippen LogP contribution in [0.2, 0.25) is 10.0 Å². The Morgan fingerprint density at radius 3 is 2.35 bits per heavy atom. The van der Waals surface area contributed by atoms with Gasteiger partial charge in [0, 0.05) is 6.61 Å². The van der Waals surface area contributed by atoms with E-state index in [1.807, 2.05) is 6.92 Å². The van der Waals surface area contributed by atoms with Crippen molar-refractivity contribution in [3.63, 3.8) is 0 Å². The molecule has 1 aromatic rings. The molecule has 9 heteroatoms. The van der Waals surface area contributed by atoms with E-state index in [9.17, 15) is 13.2 Å². The molecule has 20 heavy (non-hydrogen) atoms. The van der Waals surface area contributed by atoms with Gasteiger partial charge in [-0.15, -0.1) is 0 Å². The van der Waals surface area contributed by atoms with Gasteiger partial charge in [0.2, 0.25) is 15.9 Å². The number of nitrogens with one attached hydrogen (secondary N) is 1. The molecule has 0 spiro atoms. The van der Waals surface area contributed by atoms with Gasteiger partial charge >= 0.3 is 0 Å². The van der Waals surface area contributed by atoms with Crippen LogP contribution in [0, 0.1) is 0 Å². The summed E-state index contributed by atoms with van der Waals surface area (Å²) in [5.41, 5.74) is 0.141. The molecule has 0 saturated carbocycles. The highest BCUT2D eigenvalue weighted by molar-refractivity contribution is 7.89. The minimum Gasteiger partial charge on any atom is -0.381 e. The van der Waals surface area contributed by atoms with Crippen molar-refractivity contribution in [1.82, 2.24) is 0 Å². The molecule has 0 bridgehead atoms. The summed E-state index contributed by atoms with van der Waals surface area (Å²) in [6.07, 6.45) is 0.136. The number of nitrogens with two attached hydrogens (primary N) is 1. The second kappa shape index (κ2) is 7.24. The van der Waals surface area contributed by atoms with Crippen LogP contribution in [0.1, 0.15) is 13.3 Å². The maximum Gasteiger partial charge on any atom is 0.238 e. The minimum atomic E-state index is -3.91. The lowest BCUT2D eigenvalue weighted by atomic mass is 10.3. The number of rotatable bonds is 6. The van der Waals surface area contributed by atoms with E-state index in [0.29, 0.717) is 6.61 Å². The van der Waals surface area contributed by atoms with Crippen molar-refractivity contribution < 1.29 is 17.9 Å². The normalized spacial score (nSPS) is 11.4. The topological polar surface area (TPSA) is 98.5 Å². The SMILES string of the molecule is CCOCCC(=O)Nc1c(Cl)cc(S(N)(=O)=O)cc1Cl. The lowest BCUT2D eigenvalue weighted by molar-refractivity contribution is -0.117. The van der Waals surface area contributed by atoms with Crippen LogP contribution in [0.3, 0.4) is 0 Å². The second-order valence-corrected chi connectivity index (χ2v) is 6.18. The largest absolute Gasteiger partial charge is 0.381 e. The van der Waals surface area contributed by atoms with Crippen LogP contribution in [-0.4, -0.2) is 27.5 Å². The number of carbonyl (C=O) groups is 1. The summed E-state index contributed by atoms with van der Waals surface area (Å²) in [5.74, 6) is -0.342. The van der Waals surface area contributed by atoms with Crippen molar-refractivity contribution in [1.29, 1.82) is 0 Å². The predicted octanol–water partition coefficient (Wildman–Crippen LogP) is 2.01. The zero-order valence-corrected chi connectivity index (χ0v) is 13.0. The van der Waals surface area contributed by atoms with E-state index >= 15 is 0 Å². The molecule has 0 aliphatic carbocycles. The number of hydrogen-bond donors (Lipinski definition) is 2. The van der Waals surface area contributed by atoms with E-state index in [-0.39, 0.29) is 39.6 Å². The predicted molar refractivity (Wildman–Crippen MR) is 77.6 cm³/mol. The van der Waals surface area contributed by atoms with Crippen LogP contribution in [0.5, 0.6) is 0 Å². The molecule has 1 rings (SSSR count). The molecule has 3 N–H and O–H groups in total. The van der Waals surface area contributed by atoms with Crippen LogP contribution in [0.15, 0.2) is 17.0 Å². The Kier molecular flexibility index (Phi) is 6.22. The van der Waals surface area contributed by atoms with Gasteiger partial charge in [0.15, 0.2) is 0 Å². The average molecular weight is 341 g/mol. The number of anilines is 1. The first kappa shape index (κ1) is 17.2. The Bertz CT molecular complexity index is 581. The van der Waals surface area contributed by atoms with Crippen LogP contribution >= 0.6 is 23.2 Å². The first-order valence-electron chi connectivity index (χ1n) is 5.65. The number of halogens is 2. The van der Waals surface area contributed by atoms with E-state index in [2.05, 4.69) is 5.32 Å². The summed E-state index contributed by atoms with van der Waals surface area (Å²) < 4.78 is 27.4. The molecule has 0 saturated heterocycles. The molecule has 0 fully saturated rings. The van der Waals surface area contributed by atoms with E-state index in [0.717, 1.165) is 12.1 Å². The molecule has 0 unspecified atom stereocenters. The Labute approximate surface area is 127 Å². The second-order valence-electron chi connectivity index (χ2n) is 3.80. The third kappa shape index (κ3) is 4.92. The highest BCUT2D eigenvalue weighted by Crippen LogP contribution is 2.33. The molecule has 0 radical (unpaired) electrons. The third-order valence-electron chi connectivity index (χ3n) is 2.29. The summed E-state index contributed by atoms with van der Waals surface area (Å²) in [5, 5.41) is 7.46. The van der Waals surface area contributed by atoms with E-state index in [4.69, 9.17) is 33.1 Å². The number of primary sulfonamides is 1. The fourth-order valence-corrected chi connectivity index (χ4v) is 2.62. The highest BCUT2D eigenvalue weighted by atomic mass is 35.5. The lowest BCUT2D eigenvalue weighted by Crippen LogP contribution is -2.16. The number of benzene rings is 1. The van der Waals surface area contributed by atoms with Gasteiger partial charge in [-0.25, -0.2) is 13.6 Å². The summed E-state index contributed by atoms with van der Waals surface area (Å²) in [4.78, 5) is 11.4. The first-order chi connectivity index (χ1) is 9.25. The van der Waals surface area contributed by atoms with Crippen LogP contribution < -0.4 is 10.5 Å². The number of hydrogen-bond acceptors (Lipinski definition) is 4. The van der Waals surface area contributed by atoms with Gasteiger partial charge in [0.25, 0.3) is 0 Å². The lowest BCUT2D eigenvalue weighted by Gasteiger charge is -2.11. The summed E-state index contributed by atoms with van der Waals surface area (Å²) in [6.45, 7) is 2.60. The average Bonchev–Trinajstić information content (AvgIpc) is 2.32. The Balaban J connectivity index is 2.90. The van der Waals surface area contributed by atoms with Gasteiger partial charge in [0.05, 0.1) is 33.7 Å². The summed E-state index contributed by atoms with van der Waals surface area (Å²) in [6, 6.07) is 2.25. The molecule has 0 aliphatic rings. The number of carbonyl (C=O) groups excluding carboxylic acids is 1. The number of sulfonamides is 1. The molecule has 0 aliphatic heterocycles. The smallest absolute Gasteiger partial charge is 0.238 e. The minimum absolute atomic E-state index is 0.00807. The fourth-order valence-electron chi connectivity index (χ4n) is 1.34. The number of ether oxygens (including phenoxy) is 1. The molecule has 0 heterocycles. The number of amides is 1. The Hall–Kier alpha value is -0.860. The van der Waals surface area contributed by atoms with Gasteiger partial charge in [0.1, 0.15) is 0 Å². The monoisotopic (exact) mass is 340 g/mol. The standard InChI is InChI=1S/C11H14Cl2N2O4S/c1-2-19-4-3-10(16)15-11-8(12)5-7(6-9(11)13)20(14,17)18/h5-6H,2-4H2,1H3,(H,15,16)(H2,14,17,18). The van der Waals surface area contributed by atoms with Crippen LogP contribution in [0.4, 0.5) is 5.69 Å². The van der Waals surface area contributed by atoms with Crippen molar-refractivity contribution >= 4 is 44.8 Å². The quantitative estimate of drug-likeness (QED) is 0.773. The zero-order valence-electron chi connectivity index (χ0n) is 10.7. The zero-order chi connectivity index (χ0) is 15.3.